The van der Waals surface area contributed by atoms with Crippen LogP contribution in [0.15, 0.2) is 24.3 Å². The van der Waals surface area contributed by atoms with E-state index in [2.05, 4.69) is 16.5 Å². The van der Waals surface area contributed by atoms with E-state index in [9.17, 15) is 0 Å². The molecule has 1 aromatic heterocycles. The first kappa shape index (κ1) is 13.9. The molecule has 0 bridgehead atoms. The molecule has 2 aromatic rings. The van der Waals surface area contributed by atoms with Crippen molar-refractivity contribution in [2.75, 3.05) is 14.2 Å². The number of ether oxygens (including phenoxy) is 2. The van der Waals surface area contributed by atoms with Crippen LogP contribution in [0.25, 0.3) is 0 Å². The van der Waals surface area contributed by atoms with Crippen molar-refractivity contribution < 1.29 is 9.47 Å². The van der Waals surface area contributed by atoms with Gasteiger partial charge in [0.1, 0.15) is 11.9 Å². The summed E-state index contributed by atoms with van der Waals surface area (Å²) < 4.78 is 13.5. The summed E-state index contributed by atoms with van der Waals surface area (Å²) in [6.45, 7) is 2.00. The average Bonchev–Trinajstić information content (AvgIpc) is 2.79. The molecule has 1 aliphatic heterocycles. The predicted octanol–water partition coefficient (Wildman–Crippen LogP) is 2.52. The predicted molar refractivity (Wildman–Crippen MR) is 80.7 cm³/mol. The zero-order chi connectivity index (χ0) is 15.0. The number of aromatic nitrogens is 2. The van der Waals surface area contributed by atoms with E-state index in [-0.39, 0.29) is 12.1 Å². The molecule has 5 heteroatoms. The summed E-state index contributed by atoms with van der Waals surface area (Å²) in [5.74, 6) is 1.70. The normalized spacial score (nSPS) is 20.8. The first-order valence-corrected chi connectivity index (χ1v) is 7.16. The van der Waals surface area contributed by atoms with Gasteiger partial charge in [0.15, 0.2) is 0 Å². The highest BCUT2D eigenvalue weighted by atomic mass is 16.5. The number of hydrogen-bond acceptors (Lipinski definition) is 4. The molecule has 0 spiro atoms. The van der Waals surface area contributed by atoms with Crippen LogP contribution in [0, 0.1) is 6.92 Å². The van der Waals surface area contributed by atoms with Crippen molar-refractivity contribution in [2.24, 2.45) is 7.05 Å². The smallest absolute Gasteiger partial charge is 0.218 e. The summed E-state index contributed by atoms with van der Waals surface area (Å²) in [5, 5.41) is 7.83. The summed E-state index contributed by atoms with van der Waals surface area (Å²) in [7, 11) is 5.55. The van der Waals surface area contributed by atoms with Crippen molar-refractivity contribution in [1.82, 2.24) is 15.1 Å². The summed E-state index contributed by atoms with van der Waals surface area (Å²) in [6.07, 6.45) is 0.803. The second-order valence-electron chi connectivity index (χ2n) is 5.35. The zero-order valence-electron chi connectivity index (χ0n) is 12.9. The Morgan fingerprint density at radius 3 is 2.86 bits per heavy atom. The fourth-order valence-corrected chi connectivity index (χ4v) is 3.13. The Labute approximate surface area is 124 Å². The monoisotopic (exact) mass is 287 g/mol. The number of methoxy groups -OCH3 is 1. The number of benzene rings is 1. The number of fused-ring (bicyclic) bond motifs is 1. The third kappa shape index (κ3) is 2.27. The van der Waals surface area contributed by atoms with Crippen LogP contribution in [-0.2, 0) is 7.05 Å². The molecule has 1 aliphatic rings. The molecule has 0 fully saturated rings. The standard InChI is InChI=1S/C16H21N3O2/c1-10-15(16(20-4)19(3)18-10)14-9-12(17-2)11-7-5-6-8-13(11)21-14/h5-8,12,14,17H,9H2,1-4H3. The van der Waals surface area contributed by atoms with Gasteiger partial charge in [-0.05, 0) is 20.0 Å². The van der Waals surface area contributed by atoms with E-state index in [0.717, 1.165) is 29.3 Å². The van der Waals surface area contributed by atoms with Gasteiger partial charge in [-0.1, -0.05) is 18.2 Å². The van der Waals surface area contributed by atoms with Crippen molar-refractivity contribution in [2.45, 2.75) is 25.5 Å². The van der Waals surface area contributed by atoms with Crippen molar-refractivity contribution in [3.63, 3.8) is 0 Å². The molecule has 0 amide bonds. The quantitative estimate of drug-likeness (QED) is 0.942. The molecule has 3 rings (SSSR count). The minimum absolute atomic E-state index is 0.0546. The van der Waals surface area contributed by atoms with Gasteiger partial charge >= 0.3 is 0 Å². The van der Waals surface area contributed by atoms with E-state index in [1.807, 2.05) is 39.2 Å². The van der Waals surface area contributed by atoms with Gasteiger partial charge in [0.25, 0.3) is 0 Å². The lowest BCUT2D eigenvalue weighted by Gasteiger charge is -2.32. The van der Waals surface area contributed by atoms with Gasteiger partial charge in [-0.25, -0.2) is 4.68 Å². The molecule has 21 heavy (non-hydrogen) atoms. The molecule has 112 valence electrons. The maximum Gasteiger partial charge on any atom is 0.218 e. The van der Waals surface area contributed by atoms with Crippen LogP contribution in [0.2, 0.25) is 0 Å². The summed E-state index contributed by atoms with van der Waals surface area (Å²) in [4.78, 5) is 0. The molecule has 2 heterocycles. The van der Waals surface area contributed by atoms with E-state index in [1.54, 1.807) is 11.8 Å². The average molecular weight is 287 g/mol. The molecule has 2 unspecified atom stereocenters. The van der Waals surface area contributed by atoms with Gasteiger partial charge in [0.05, 0.1) is 18.4 Å². The highest BCUT2D eigenvalue weighted by Gasteiger charge is 2.33. The lowest BCUT2D eigenvalue weighted by atomic mass is 9.93. The minimum atomic E-state index is -0.0546. The summed E-state index contributed by atoms with van der Waals surface area (Å²) in [6, 6.07) is 8.44. The highest BCUT2D eigenvalue weighted by Crippen LogP contribution is 2.43. The number of para-hydroxylation sites is 1. The third-order valence-electron chi connectivity index (χ3n) is 4.09. The second kappa shape index (κ2) is 5.41. The van der Waals surface area contributed by atoms with Crippen LogP contribution >= 0.6 is 0 Å². The van der Waals surface area contributed by atoms with Crippen LogP contribution < -0.4 is 14.8 Å². The maximum atomic E-state index is 6.21. The Morgan fingerprint density at radius 2 is 2.14 bits per heavy atom. The fraction of sp³-hybridized carbons (Fsp3) is 0.438. The Balaban J connectivity index is 2.03. The lowest BCUT2D eigenvalue weighted by molar-refractivity contribution is 0.149. The molecule has 1 N–H and O–H groups in total. The van der Waals surface area contributed by atoms with E-state index < -0.39 is 0 Å². The molecule has 1 aromatic carbocycles. The lowest BCUT2D eigenvalue weighted by Crippen LogP contribution is -2.27. The van der Waals surface area contributed by atoms with Crippen LogP contribution in [0.1, 0.15) is 35.4 Å². The SMILES string of the molecule is CNC1CC(c2c(C)nn(C)c2OC)Oc2ccccc21. The summed E-state index contributed by atoms with van der Waals surface area (Å²) >= 11 is 0. The number of aryl methyl sites for hydroxylation is 2. The molecular formula is C16H21N3O2. The first-order chi connectivity index (χ1) is 10.2. The number of nitrogens with zero attached hydrogens (tertiary/aromatic N) is 2. The molecule has 5 nitrogen and oxygen atoms in total. The molecule has 2 atom stereocenters. The minimum Gasteiger partial charge on any atom is -0.485 e. The molecule has 0 radical (unpaired) electrons. The molecule has 0 aliphatic carbocycles. The number of nitrogens with one attached hydrogen (secondary N) is 1. The van der Waals surface area contributed by atoms with Crippen molar-refractivity contribution in [3.05, 3.63) is 41.1 Å². The first-order valence-electron chi connectivity index (χ1n) is 7.16. The topological polar surface area (TPSA) is 48.3 Å². The molecular weight excluding hydrogens is 266 g/mol. The van der Waals surface area contributed by atoms with E-state index >= 15 is 0 Å². The van der Waals surface area contributed by atoms with Crippen LogP contribution in [0.4, 0.5) is 0 Å². The van der Waals surface area contributed by atoms with E-state index in [1.165, 1.54) is 5.56 Å². The highest BCUT2D eigenvalue weighted by molar-refractivity contribution is 5.42. The van der Waals surface area contributed by atoms with Crippen molar-refractivity contribution in [3.8, 4) is 11.6 Å². The Morgan fingerprint density at radius 1 is 1.38 bits per heavy atom. The van der Waals surface area contributed by atoms with Crippen molar-refractivity contribution in [1.29, 1.82) is 0 Å². The Hall–Kier alpha value is -2.01. The molecule has 0 saturated heterocycles. The van der Waals surface area contributed by atoms with Crippen LogP contribution in [-0.4, -0.2) is 23.9 Å². The van der Waals surface area contributed by atoms with Gasteiger partial charge < -0.3 is 14.8 Å². The maximum absolute atomic E-state index is 6.21. The van der Waals surface area contributed by atoms with Gasteiger partial charge in [-0.2, -0.15) is 5.10 Å². The van der Waals surface area contributed by atoms with Crippen molar-refractivity contribution >= 4 is 0 Å². The van der Waals surface area contributed by atoms with E-state index in [4.69, 9.17) is 9.47 Å². The summed E-state index contributed by atoms with van der Waals surface area (Å²) in [5.41, 5.74) is 3.19. The second-order valence-corrected chi connectivity index (χ2v) is 5.35. The van der Waals surface area contributed by atoms with Gasteiger partial charge in [-0.15, -0.1) is 0 Å². The van der Waals surface area contributed by atoms with Crippen LogP contribution in [0.3, 0.4) is 0 Å². The zero-order valence-corrected chi connectivity index (χ0v) is 12.9. The number of rotatable bonds is 3. The Bertz CT molecular complexity index is 651. The van der Waals surface area contributed by atoms with E-state index in [0.29, 0.717) is 0 Å². The number of hydrogen-bond donors (Lipinski definition) is 1. The van der Waals surface area contributed by atoms with Crippen LogP contribution in [0.5, 0.6) is 11.6 Å². The third-order valence-corrected chi connectivity index (χ3v) is 4.09. The van der Waals surface area contributed by atoms with Gasteiger partial charge in [-0.3, -0.25) is 0 Å². The Kier molecular flexibility index (Phi) is 3.59. The van der Waals surface area contributed by atoms with Gasteiger partial charge in [0.2, 0.25) is 5.88 Å². The molecule has 0 saturated carbocycles. The fourth-order valence-electron chi connectivity index (χ4n) is 3.13. The largest absolute Gasteiger partial charge is 0.485 e. The van der Waals surface area contributed by atoms with Gasteiger partial charge in [0, 0.05) is 25.1 Å².